The first-order chi connectivity index (χ1) is 10.6. The van der Waals surface area contributed by atoms with E-state index >= 15 is 0 Å². The van der Waals surface area contributed by atoms with Crippen LogP contribution in [0.2, 0.25) is 5.02 Å². The van der Waals surface area contributed by atoms with Crippen molar-refractivity contribution in [1.82, 2.24) is 9.88 Å². The molecule has 0 aliphatic carbocycles. The number of aryl methyl sites for hydroxylation is 1. The van der Waals surface area contributed by atoms with E-state index in [2.05, 4.69) is 4.98 Å². The summed E-state index contributed by atoms with van der Waals surface area (Å²) in [5.74, 6) is -0.00271. The molecule has 1 saturated heterocycles. The number of aromatic nitrogens is 1. The van der Waals surface area contributed by atoms with Crippen LogP contribution in [0.5, 0.6) is 0 Å². The van der Waals surface area contributed by atoms with Crippen LogP contribution in [-0.2, 0) is 4.74 Å². The van der Waals surface area contributed by atoms with Gasteiger partial charge in [-0.3, -0.25) is 9.78 Å². The number of morpholine rings is 1. The van der Waals surface area contributed by atoms with Crippen LogP contribution in [0.4, 0.5) is 0 Å². The number of benzene rings is 1. The molecule has 0 saturated carbocycles. The van der Waals surface area contributed by atoms with Gasteiger partial charge in [0.2, 0.25) is 0 Å². The van der Waals surface area contributed by atoms with E-state index in [9.17, 15) is 4.79 Å². The minimum absolute atomic E-state index is 0.00271. The summed E-state index contributed by atoms with van der Waals surface area (Å²) in [5.41, 5.74) is 2.61. The Balaban J connectivity index is 1.73. The van der Waals surface area contributed by atoms with Gasteiger partial charge in [-0.2, -0.15) is 0 Å². The Morgan fingerprint density at radius 2 is 2.05 bits per heavy atom. The predicted molar refractivity (Wildman–Crippen MR) is 85.0 cm³/mol. The van der Waals surface area contributed by atoms with Crippen molar-refractivity contribution in [3.8, 4) is 0 Å². The molecule has 114 valence electrons. The van der Waals surface area contributed by atoms with Gasteiger partial charge in [0.25, 0.3) is 5.91 Å². The molecule has 4 nitrogen and oxygen atoms in total. The fourth-order valence-electron chi connectivity index (χ4n) is 2.46. The molecule has 5 heteroatoms. The second-order valence-electron chi connectivity index (χ2n) is 5.38. The summed E-state index contributed by atoms with van der Waals surface area (Å²) >= 11 is 5.86. The Morgan fingerprint density at radius 3 is 2.73 bits per heavy atom. The minimum atomic E-state index is -0.175. The maximum absolute atomic E-state index is 12.5. The Bertz CT molecular complexity index is 655. The third-order valence-electron chi connectivity index (χ3n) is 3.71. The average molecular weight is 317 g/mol. The van der Waals surface area contributed by atoms with E-state index in [-0.39, 0.29) is 12.0 Å². The molecule has 1 unspecified atom stereocenters. The first kappa shape index (κ1) is 15.0. The summed E-state index contributed by atoms with van der Waals surface area (Å²) in [7, 11) is 0. The quantitative estimate of drug-likeness (QED) is 0.854. The predicted octanol–water partition coefficient (Wildman–Crippen LogP) is 3.26. The first-order valence-electron chi connectivity index (χ1n) is 7.22. The zero-order valence-electron chi connectivity index (χ0n) is 12.3. The molecule has 1 atom stereocenters. The van der Waals surface area contributed by atoms with Gasteiger partial charge in [0, 0.05) is 23.3 Å². The lowest BCUT2D eigenvalue weighted by atomic mass is 10.1. The highest BCUT2D eigenvalue weighted by molar-refractivity contribution is 6.30. The van der Waals surface area contributed by atoms with Gasteiger partial charge in [0.15, 0.2) is 0 Å². The lowest BCUT2D eigenvalue weighted by molar-refractivity contribution is -0.0247. The molecule has 0 bridgehead atoms. The van der Waals surface area contributed by atoms with Crippen molar-refractivity contribution < 1.29 is 9.53 Å². The number of pyridine rings is 1. The van der Waals surface area contributed by atoms with Crippen molar-refractivity contribution in [3.63, 3.8) is 0 Å². The summed E-state index contributed by atoms with van der Waals surface area (Å²) < 4.78 is 5.76. The van der Waals surface area contributed by atoms with Crippen LogP contribution in [0.3, 0.4) is 0 Å². The van der Waals surface area contributed by atoms with Gasteiger partial charge in [-0.05, 0) is 42.8 Å². The summed E-state index contributed by atoms with van der Waals surface area (Å²) in [6, 6.07) is 10.9. The van der Waals surface area contributed by atoms with Crippen molar-refractivity contribution in [2.75, 3.05) is 19.7 Å². The summed E-state index contributed by atoms with van der Waals surface area (Å²) in [5, 5.41) is 0.625. The summed E-state index contributed by atoms with van der Waals surface area (Å²) in [6.07, 6.45) is 1.64. The number of halogens is 1. The van der Waals surface area contributed by atoms with E-state index in [0.717, 1.165) is 11.3 Å². The third-order valence-corrected chi connectivity index (χ3v) is 3.96. The molecule has 2 heterocycles. The molecular weight excluding hydrogens is 300 g/mol. The molecule has 1 amide bonds. The molecule has 0 radical (unpaired) electrons. The van der Waals surface area contributed by atoms with E-state index in [1.54, 1.807) is 29.2 Å². The fourth-order valence-corrected chi connectivity index (χ4v) is 2.58. The second kappa shape index (κ2) is 6.46. The van der Waals surface area contributed by atoms with Gasteiger partial charge in [-0.15, -0.1) is 0 Å². The van der Waals surface area contributed by atoms with Gasteiger partial charge in [-0.25, -0.2) is 0 Å². The molecular formula is C17H17ClN2O2. The van der Waals surface area contributed by atoms with Crippen LogP contribution in [0.15, 0.2) is 42.6 Å². The van der Waals surface area contributed by atoms with E-state index in [4.69, 9.17) is 16.3 Å². The molecule has 1 fully saturated rings. The van der Waals surface area contributed by atoms with E-state index in [1.807, 2.05) is 25.3 Å². The van der Waals surface area contributed by atoms with E-state index in [1.165, 1.54) is 0 Å². The van der Waals surface area contributed by atoms with Gasteiger partial charge in [0.1, 0.15) is 6.10 Å². The number of carbonyl (C=O) groups is 1. The third kappa shape index (κ3) is 3.29. The number of amides is 1. The largest absolute Gasteiger partial charge is 0.368 e. The lowest BCUT2D eigenvalue weighted by Gasteiger charge is -2.32. The molecule has 1 aromatic heterocycles. The number of rotatable bonds is 2. The highest BCUT2D eigenvalue weighted by Gasteiger charge is 2.26. The Kier molecular flexibility index (Phi) is 4.41. The smallest absolute Gasteiger partial charge is 0.254 e. The normalized spacial score (nSPS) is 18.3. The Labute approximate surface area is 134 Å². The van der Waals surface area contributed by atoms with Crippen LogP contribution in [0.1, 0.15) is 27.7 Å². The Hall–Kier alpha value is -1.91. The van der Waals surface area contributed by atoms with E-state index in [0.29, 0.717) is 30.3 Å². The highest BCUT2D eigenvalue weighted by atomic mass is 35.5. The lowest BCUT2D eigenvalue weighted by Crippen LogP contribution is -2.42. The number of ether oxygens (including phenoxy) is 1. The zero-order chi connectivity index (χ0) is 15.5. The van der Waals surface area contributed by atoms with Crippen LogP contribution in [0.25, 0.3) is 0 Å². The van der Waals surface area contributed by atoms with Gasteiger partial charge in [-0.1, -0.05) is 17.7 Å². The molecule has 22 heavy (non-hydrogen) atoms. The van der Waals surface area contributed by atoms with Crippen molar-refractivity contribution in [2.24, 2.45) is 0 Å². The Morgan fingerprint density at radius 1 is 1.27 bits per heavy atom. The molecule has 0 N–H and O–H groups in total. The molecule has 1 aliphatic heterocycles. The molecule has 0 spiro atoms. The van der Waals surface area contributed by atoms with E-state index < -0.39 is 0 Å². The van der Waals surface area contributed by atoms with Crippen LogP contribution < -0.4 is 0 Å². The van der Waals surface area contributed by atoms with Crippen LogP contribution in [-0.4, -0.2) is 35.5 Å². The molecule has 2 aromatic rings. The second-order valence-corrected chi connectivity index (χ2v) is 5.81. The highest BCUT2D eigenvalue weighted by Crippen LogP contribution is 2.22. The van der Waals surface area contributed by atoms with Crippen molar-refractivity contribution in [3.05, 3.63) is 64.4 Å². The average Bonchev–Trinajstić information content (AvgIpc) is 2.56. The maximum Gasteiger partial charge on any atom is 0.254 e. The van der Waals surface area contributed by atoms with Crippen molar-refractivity contribution >= 4 is 17.5 Å². The number of carbonyl (C=O) groups excluding carboxylic acids is 1. The molecule has 3 rings (SSSR count). The standard InChI is InChI=1S/C17H17ClN2O2/c1-12-2-7-15(19-10-12)16-11-20(8-9-22-16)17(21)13-3-5-14(18)6-4-13/h2-7,10,16H,8-9,11H2,1H3. The zero-order valence-corrected chi connectivity index (χ0v) is 13.1. The summed E-state index contributed by atoms with van der Waals surface area (Å²) in [6.45, 7) is 3.61. The van der Waals surface area contributed by atoms with Gasteiger partial charge < -0.3 is 9.64 Å². The SMILES string of the molecule is Cc1ccc(C2CN(C(=O)c3ccc(Cl)cc3)CCO2)nc1. The fraction of sp³-hybridized carbons (Fsp3) is 0.294. The minimum Gasteiger partial charge on any atom is -0.368 e. The van der Waals surface area contributed by atoms with Crippen LogP contribution in [0, 0.1) is 6.92 Å². The maximum atomic E-state index is 12.5. The van der Waals surface area contributed by atoms with Crippen molar-refractivity contribution in [2.45, 2.75) is 13.0 Å². The van der Waals surface area contributed by atoms with Crippen molar-refractivity contribution in [1.29, 1.82) is 0 Å². The number of hydrogen-bond donors (Lipinski definition) is 0. The molecule has 1 aromatic carbocycles. The number of nitrogens with zero attached hydrogens (tertiary/aromatic N) is 2. The summed E-state index contributed by atoms with van der Waals surface area (Å²) in [4.78, 5) is 18.8. The number of hydrogen-bond acceptors (Lipinski definition) is 3. The van der Waals surface area contributed by atoms with Gasteiger partial charge in [0.05, 0.1) is 18.8 Å². The van der Waals surface area contributed by atoms with Gasteiger partial charge >= 0.3 is 0 Å². The molecule has 1 aliphatic rings. The topological polar surface area (TPSA) is 42.4 Å². The first-order valence-corrected chi connectivity index (χ1v) is 7.60. The van der Waals surface area contributed by atoms with Crippen LogP contribution >= 0.6 is 11.6 Å². The monoisotopic (exact) mass is 316 g/mol.